The van der Waals surface area contributed by atoms with Crippen LogP contribution in [0.25, 0.3) is 0 Å². The number of thiazole rings is 1. The highest BCUT2D eigenvalue weighted by Gasteiger charge is 2.44. The summed E-state index contributed by atoms with van der Waals surface area (Å²) >= 11 is 1.65. The van der Waals surface area contributed by atoms with Gasteiger partial charge in [0.15, 0.2) is 0 Å². The van der Waals surface area contributed by atoms with Crippen molar-refractivity contribution in [3.05, 3.63) is 16.1 Å². The normalized spacial score (nSPS) is 28.8. The molecule has 2 rings (SSSR count). The molecule has 0 bridgehead atoms. The summed E-state index contributed by atoms with van der Waals surface area (Å²) in [6.45, 7) is 9.24. The molecule has 0 spiro atoms. The van der Waals surface area contributed by atoms with E-state index in [0.717, 1.165) is 23.5 Å². The van der Waals surface area contributed by atoms with E-state index in [1.165, 1.54) is 12.8 Å². The highest BCUT2D eigenvalue weighted by atomic mass is 32.1. The molecule has 1 saturated carbocycles. The minimum Gasteiger partial charge on any atom is -0.386 e. The fourth-order valence-electron chi connectivity index (χ4n) is 3.23. The van der Waals surface area contributed by atoms with E-state index in [1.54, 1.807) is 11.3 Å². The van der Waals surface area contributed by atoms with E-state index in [1.807, 2.05) is 5.38 Å². The standard InChI is InChI=1S/C16H28N2OS/c1-5-11-6-7-16(8-11,10-17)13(19)12-9-20-14(18-12)15(2,3)4/h9,11,13,19H,5-8,10,17H2,1-4H3. The van der Waals surface area contributed by atoms with Crippen molar-refractivity contribution in [1.29, 1.82) is 0 Å². The predicted octanol–water partition coefficient (Wildman–Crippen LogP) is 3.63. The molecule has 0 amide bonds. The van der Waals surface area contributed by atoms with Crippen molar-refractivity contribution in [2.45, 2.75) is 64.9 Å². The van der Waals surface area contributed by atoms with Crippen LogP contribution in [0.4, 0.5) is 0 Å². The Bertz CT molecular complexity index is 452. The Balaban J connectivity index is 2.21. The number of nitrogens with zero attached hydrogens (tertiary/aromatic N) is 1. The third-order valence-corrected chi connectivity index (χ3v) is 6.04. The molecule has 3 unspecified atom stereocenters. The Labute approximate surface area is 126 Å². The number of aliphatic hydroxyl groups excluding tert-OH is 1. The molecule has 0 radical (unpaired) electrons. The van der Waals surface area contributed by atoms with E-state index < -0.39 is 6.10 Å². The van der Waals surface area contributed by atoms with Crippen LogP contribution in [0.5, 0.6) is 0 Å². The Morgan fingerprint density at radius 1 is 1.55 bits per heavy atom. The molecular formula is C16H28N2OS. The summed E-state index contributed by atoms with van der Waals surface area (Å²) in [5.74, 6) is 0.703. The van der Waals surface area contributed by atoms with Crippen LogP contribution < -0.4 is 5.73 Å². The van der Waals surface area contributed by atoms with Crippen LogP contribution in [0.2, 0.25) is 0 Å². The van der Waals surface area contributed by atoms with Gasteiger partial charge in [-0.3, -0.25) is 0 Å². The first kappa shape index (κ1) is 15.9. The highest BCUT2D eigenvalue weighted by Crippen LogP contribution is 2.50. The van der Waals surface area contributed by atoms with Gasteiger partial charge in [0, 0.05) is 22.8 Å². The van der Waals surface area contributed by atoms with E-state index in [2.05, 4.69) is 32.7 Å². The molecule has 3 atom stereocenters. The Hall–Kier alpha value is -0.450. The second-order valence-corrected chi connectivity index (χ2v) is 8.17. The third-order valence-electron chi connectivity index (χ3n) is 4.75. The average molecular weight is 296 g/mol. The predicted molar refractivity (Wildman–Crippen MR) is 84.9 cm³/mol. The molecule has 1 aromatic heterocycles. The van der Waals surface area contributed by atoms with Crippen molar-refractivity contribution in [3.8, 4) is 0 Å². The second kappa shape index (κ2) is 5.74. The topological polar surface area (TPSA) is 59.1 Å². The van der Waals surface area contributed by atoms with Crippen molar-refractivity contribution >= 4 is 11.3 Å². The minimum absolute atomic E-state index is 0.0418. The first-order chi connectivity index (χ1) is 9.32. The number of rotatable bonds is 4. The molecule has 0 saturated heterocycles. The summed E-state index contributed by atoms with van der Waals surface area (Å²) in [6.07, 6.45) is 3.89. The summed E-state index contributed by atoms with van der Waals surface area (Å²) < 4.78 is 0. The fourth-order valence-corrected chi connectivity index (χ4v) is 4.16. The maximum Gasteiger partial charge on any atom is 0.104 e. The summed E-state index contributed by atoms with van der Waals surface area (Å²) in [4.78, 5) is 4.68. The first-order valence-corrected chi connectivity index (χ1v) is 8.54. The highest BCUT2D eigenvalue weighted by molar-refractivity contribution is 7.09. The molecule has 114 valence electrons. The second-order valence-electron chi connectivity index (χ2n) is 7.31. The summed E-state index contributed by atoms with van der Waals surface area (Å²) in [5, 5.41) is 13.9. The van der Waals surface area contributed by atoms with Crippen LogP contribution in [0.3, 0.4) is 0 Å². The molecule has 3 nitrogen and oxygen atoms in total. The lowest BCUT2D eigenvalue weighted by molar-refractivity contribution is 0.0271. The van der Waals surface area contributed by atoms with E-state index in [4.69, 9.17) is 5.73 Å². The molecule has 0 aliphatic heterocycles. The quantitative estimate of drug-likeness (QED) is 0.892. The van der Waals surface area contributed by atoms with Crippen LogP contribution in [0, 0.1) is 11.3 Å². The fraction of sp³-hybridized carbons (Fsp3) is 0.812. The van der Waals surface area contributed by atoms with Crippen LogP contribution in [0.15, 0.2) is 5.38 Å². The van der Waals surface area contributed by atoms with Crippen molar-refractivity contribution < 1.29 is 5.11 Å². The number of hydrogen-bond donors (Lipinski definition) is 2. The van der Waals surface area contributed by atoms with Crippen molar-refractivity contribution in [2.24, 2.45) is 17.1 Å². The van der Waals surface area contributed by atoms with Gasteiger partial charge in [0.05, 0.1) is 10.7 Å². The van der Waals surface area contributed by atoms with Crippen LogP contribution in [-0.4, -0.2) is 16.6 Å². The van der Waals surface area contributed by atoms with Gasteiger partial charge in [0.25, 0.3) is 0 Å². The maximum absolute atomic E-state index is 10.8. The first-order valence-electron chi connectivity index (χ1n) is 7.66. The van der Waals surface area contributed by atoms with Crippen LogP contribution in [0.1, 0.15) is 70.2 Å². The van der Waals surface area contributed by atoms with Crippen molar-refractivity contribution in [1.82, 2.24) is 4.98 Å². The monoisotopic (exact) mass is 296 g/mol. The Kier molecular flexibility index (Phi) is 4.57. The SMILES string of the molecule is CCC1CCC(CN)(C(O)c2csc(C(C)(C)C)n2)C1. The molecule has 4 heteroatoms. The van der Waals surface area contributed by atoms with Crippen molar-refractivity contribution in [3.63, 3.8) is 0 Å². The lowest BCUT2D eigenvalue weighted by Crippen LogP contribution is -2.35. The molecule has 3 N–H and O–H groups in total. The summed E-state index contributed by atoms with van der Waals surface area (Å²) in [6, 6.07) is 0. The van der Waals surface area contributed by atoms with E-state index in [0.29, 0.717) is 12.5 Å². The smallest absolute Gasteiger partial charge is 0.104 e. The Morgan fingerprint density at radius 2 is 2.25 bits per heavy atom. The van der Waals surface area contributed by atoms with E-state index in [9.17, 15) is 5.11 Å². The number of aliphatic hydroxyl groups is 1. The van der Waals surface area contributed by atoms with Gasteiger partial charge in [0.2, 0.25) is 0 Å². The van der Waals surface area contributed by atoms with Crippen LogP contribution in [-0.2, 0) is 5.41 Å². The summed E-state index contributed by atoms with van der Waals surface area (Å²) in [5.41, 5.74) is 6.73. The van der Waals surface area contributed by atoms with E-state index >= 15 is 0 Å². The van der Waals surface area contributed by atoms with Gasteiger partial charge in [0.1, 0.15) is 6.10 Å². The van der Waals surface area contributed by atoms with Crippen LogP contribution >= 0.6 is 11.3 Å². The third kappa shape index (κ3) is 2.92. The molecule has 1 aliphatic rings. The molecular weight excluding hydrogens is 268 g/mol. The van der Waals surface area contributed by atoms with Gasteiger partial charge in [-0.15, -0.1) is 11.3 Å². The largest absolute Gasteiger partial charge is 0.386 e. The van der Waals surface area contributed by atoms with Gasteiger partial charge in [-0.25, -0.2) is 4.98 Å². The van der Waals surface area contributed by atoms with Gasteiger partial charge in [-0.2, -0.15) is 0 Å². The van der Waals surface area contributed by atoms with Gasteiger partial charge in [-0.05, 0) is 25.2 Å². The number of hydrogen-bond acceptors (Lipinski definition) is 4. The number of nitrogens with two attached hydrogens (primary N) is 1. The van der Waals surface area contributed by atoms with E-state index in [-0.39, 0.29) is 10.8 Å². The molecule has 1 fully saturated rings. The maximum atomic E-state index is 10.8. The number of aromatic nitrogens is 1. The molecule has 20 heavy (non-hydrogen) atoms. The zero-order valence-electron chi connectivity index (χ0n) is 13.1. The minimum atomic E-state index is -0.517. The lowest BCUT2D eigenvalue weighted by atomic mass is 9.78. The molecule has 1 heterocycles. The summed E-state index contributed by atoms with van der Waals surface area (Å²) in [7, 11) is 0. The van der Waals surface area contributed by atoms with Gasteiger partial charge >= 0.3 is 0 Å². The van der Waals surface area contributed by atoms with Gasteiger partial charge in [-0.1, -0.05) is 34.1 Å². The lowest BCUT2D eigenvalue weighted by Gasteiger charge is -2.32. The van der Waals surface area contributed by atoms with Crippen molar-refractivity contribution in [2.75, 3.05) is 6.54 Å². The molecule has 0 aromatic carbocycles. The van der Waals surface area contributed by atoms with Gasteiger partial charge < -0.3 is 10.8 Å². The zero-order valence-corrected chi connectivity index (χ0v) is 14.0. The average Bonchev–Trinajstić information content (AvgIpc) is 3.05. The molecule has 1 aromatic rings. The molecule has 1 aliphatic carbocycles. The Morgan fingerprint density at radius 3 is 2.70 bits per heavy atom. The zero-order chi connectivity index (χ0) is 15.0.